The number of thiophene rings is 1. The summed E-state index contributed by atoms with van der Waals surface area (Å²) in [6.45, 7) is 5.67. The van der Waals surface area contributed by atoms with Crippen molar-refractivity contribution >= 4 is 44.2 Å². The summed E-state index contributed by atoms with van der Waals surface area (Å²) in [6, 6.07) is 6.00. The molecule has 10 nitrogen and oxygen atoms in total. The van der Waals surface area contributed by atoms with Crippen molar-refractivity contribution in [3.8, 4) is 0 Å². The number of amides is 4. The van der Waals surface area contributed by atoms with Gasteiger partial charge in [-0.15, -0.1) is 11.3 Å². The van der Waals surface area contributed by atoms with Gasteiger partial charge in [0, 0.05) is 55.8 Å². The van der Waals surface area contributed by atoms with E-state index in [0.29, 0.717) is 35.1 Å². The SMILES string of the molecule is CC(C)N1CCc2c(sc(NC(=O)c3ccc(S(=O)(=O)N(C4CCCCC4)C4CCCCC4)cc3)c2C(=O)NC(=O)N(C)C)C1. The number of nitrogens with zero attached hydrogens (tertiary/aromatic N) is 3. The Morgan fingerprint density at radius 1 is 0.889 bits per heavy atom. The van der Waals surface area contributed by atoms with Gasteiger partial charge in [0.15, 0.2) is 0 Å². The quantitative estimate of drug-likeness (QED) is 0.369. The molecule has 2 N–H and O–H groups in total. The van der Waals surface area contributed by atoms with E-state index in [-0.39, 0.29) is 17.0 Å². The van der Waals surface area contributed by atoms with Crippen LogP contribution in [0.1, 0.15) is 109 Å². The number of rotatable bonds is 8. The number of hydrogen-bond donors (Lipinski definition) is 2. The molecule has 0 unspecified atom stereocenters. The number of carbonyl (C=O) groups is 3. The number of imide groups is 1. The molecular formula is C33H47N5O5S2. The fourth-order valence-corrected chi connectivity index (χ4v) is 10.1. The molecular weight excluding hydrogens is 611 g/mol. The average molecular weight is 658 g/mol. The zero-order valence-electron chi connectivity index (χ0n) is 26.9. The van der Waals surface area contributed by atoms with Gasteiger partial charge in [-0.3, -0.25) is 19.8 Å². The van der Waals surface area contributed by atoms with Crippen LogP contribution in [0.4, 0.5) is 9.80 Å². The first-order valence-electron chi connectivity index (χ1n) is 16.3. The van der Waals surface area contributed by atoms with E-state index in [1.165, 1.54) is 28.4 Å². The maximum atomic E-state index is 14.1. The Hall–Kier alpha value is -2.80. The minimum atomic E-state index is -3.74. The summed E-state index contributed by atoms with van der Waals surface area (Å²) in [6.07, 6.45) is 10.7. The highest BCUT2D eigenvalue weighted by Gasteiger charge is 2.38. The molecule has 1 aromatic heterocycles. The van der Waals surface area contributed by atoms with E-state index in [1.54, 1.807) is 26.2 Å². The monoisotopic (exact) mass is 657 g/mol. The number of sulfonamides is 1. The zero-order chi connectivity index (χ0) is 32.3. The van der Waals surface area contributed by atoms with Gasteiger partial charge in [0.25, 0.3) is 11.8 Å². The summed E-state index contributed by atoms with van der Waals surface area (Å²) in [5.41, 5.74) is 1.46. The molecule has 2 saturated carbocycles. The van der Waals surface area contributed by atoms with Crippen LogP contribution >= 0.6 is 11.3 Å². The van der Waals surface area contributed by atoms with Crippen LogP contribution in [0.15, 0.2) is 29.2 Å². The third-order valence-corrected chi connectivity index (χ3v) is 12.6. The molecule has 0 saturated heterocycles. The van der Waals surface area contributed by atoms with Gasteiger partial charge in [-0.25, -0.2) is 13.2 Å². The molecule has 2 aromatic rings. The fourth-order valence-electron chi connectivity index (χ4n) is 6.90. The number of benzene rings is 1. The number of anilines is 1. The number of nitrogens with one attached hydrogen (secondary N) is 2. The molecule has 0 atom stereocenters. The number of urea groups is 1. The number of fused-ring (bicyclic) bond motifs is 1. The molecule has 3 aliphatic rings. The average Bonchev–Trinajstić information content (AvgIpc) is 3.39. The minimum Gasteiger partial charge on any atom is -0.331 e. The maximum absolute atomic E-state index is 14.1. The van der Waals surface area contributed by atoms with Crippen molar-refractivity contribution in [3.63, 3.8) is 0 Å². The third-order valence-electron chi connectivity index (χ3n) is 9.46. The first-order valence-corrected chi connectivity index (χ1v) is 18.6. The largest absolute Gasteiger partial charge is 0.331 e. The van der Waals surface area contributed by atoms with Crippen molar-refractivity contribution in [1.82, 2.24) is 19.4 Å². The van der Waals surface area contributed by atoms with Crippen LogP contribution < -0.4 is 10.6 Å². The van der Waals surface area contributed by atoms with E-state index in [2.05, 4.69) is 29.4 Å². The highest BCUT2D eigenvalue weighted by atomic mass is 32.2. The number of hydrogen-bond acceptors (Lipinski definition) is 7. The minimum absolute atomic E-state index is 0.0234. The Morgan fingerprint density at radius 3 is 2.00 bits per heavy atom. The predicted molar refractivity (Wildman–Crippen MR) is 177 cm³/mol. The second-order valence-corrected chi connectivity index (χ2v) is 16.0. The molecule has 2 aliphatic carbocycles. The molecule has 2 fully saturated rings. The van der Waals surface area contributed by atoms with Crippen LogP contribution in [0, 0.1) is 0 Å². The standard InChI is InChI=1S/C33H47N5O5S2/c1-22(2)37-20-19-27-28(21-37)44-32(29(27)31(40)35-33(41)36(3)4)34-30(39)23-15-17-26(18-16-23)45(42,43)38(24-11-7-5-8-12-24)25-13-9-6-10-14-25/h15-18,22,24-25H,5-14,19-21H2,1-4H3,(H,34,39)(H,35,40,41). The lowest BCUT2D eigenvalue weighted by Crippen LogP contribution is -2.48. The molecule has 45 heavy (non-hydrogen) atoms. The van der Waals surface area contributed by atoms with Gasteiger partial charge in [0.05, 0.1) is 10.5 Å². The van der Waals surface area contributed by atoms with Crippen molar-refractivity contribution in [2.24, 2.45) is 0 Å². The second-order valence-electron chi connectivity index (χ2n) is 13.1. The Balaban J connectivity index is 1.39. The normalized spacial score (nSPS) is 18.5. The molecule has 2 heterocycles. The van der Waals surface area contributed by atoms with Crippen molar-refractivity contribution in [3.05, 3.63) is 45.8 Å². The second kappa shape index (κ2) is 14.3. The highest BCUT2D eigenvalue weighted by molar-refractivity contribution is 7.89. The van der Waals surface area contributed by atoms with Crippen LogP contribution in [0.3, 0.4) is 0 Å². The van der Waals surface area contributed by atoms with Gasteiger partial charge >= 0.3 is 6.03 Å². The summed E-state index contributed by atoms with van der Waals surface area (Å²) in [7, 11) is -0.627. The van der Waals surface area contributed by atoms with E-state index < -0.39 is 27.9 Å². The van der Waals surface area contributed by atoms with Crippen LogP contribution in [0.2, 0.25) is 0 Å². The summed E-state index contributed by atoms with van der Waals surface area (Å²) < 4.78 is 30.0. The van der Waals surface area contributed by atoms with Crippen LogP contribution in [0.25, 0.3) is 0 Å². The zero-order valence-corrected chi connectivity index (χ0v) is 28.6. The van der Waals surface area contributed by atoms with Crippen LogP contribution in [-0.4, -0.2) is 79.1 Å². The highest BCUT2D eigenvalue weighted by Crippen LogP contribution is 2.38. The maximum Gasteiger partial charge on any atom is 0.323 e. The Kier molecular flexibility index (Phi) is 10.7. The fraction of sp³-hybridized carbons (Fsp3) is 0.606. The lowest BCUT2D eigenvalue weighted by Gasteiger charge is -2.40. The van der Waals surface area contributed by atoms with E-state index in [9.17, 15) is 22.8 Å². The lowest BCUT2D eigenvalue weighted by molar-refractivity contribution is 0.0956. The first kappa shape index (κ1) is 33.6. The van der Waals surface area contributed by atoms with Gasteiger partial charge in [-0.05, 0) is 75.8 Å². The van der Waals surface area contributed by atoms with Crippen molar-refractivity contribution in [2.45, 2.75) is 114 Å². The van der Waals surface area contributed by atoms with Gasteiger partial charge in [0.1, 0.15) is 5.00 Å². The van der Waals surface area contributed by atoms with E-state index in [0.717, 1.165) is 81.2 Å². The van der Waals surface area contributed by atoms with Gasteiger partial charge in [-0.2, -0.15) is 4.31 Å². The molecule has 0 bridgehead atoms. The predicted octanol–water partition coefficient (Wildman–Crippen LogP) is 5.83. The smallest absolute Gasteiger partial charge is 0.323 e. The lowest BCUT2D eigenvalue weighted by atomic mass is 9.91. The van der Waals surface area contributed by atoms with Gasteiger partial charge < -0.3 is 10.2 Å². The van der Waals surface area contributed by atoms with E-state index in [4.69, 9.17) is 0 Å². The molecule has 1 aliphatic heterocycles. The van der Waals surface area contributed by atoms with E-state index >= 15 is 0 Å². The van der Waals surface area contributed by atoms with Gasteiger partial charge in [0.2, 0.25) is 10.0 Å². The number of carbonyl (C=O) groups excluding carboxylic acids is 3. The van der Waals surface area contributed by atoms with E-state index in [1.807, 2.05) is 4.31 Å². The van der Waals surface area contributed by atoms with Crippen molar-refractivity contribution in [1.29, 1.82) is 0 Å². The summed E-state index contributed by atoms with van der Waals surface area (Å²) in [5.74, 6) is -0.992. The molecule has 4 amide bonds. The first-order chi connectivity index (χ1) is 21.5. The van der Waals surface area contributed by atoms with Crippen molar-refractivity contribution < 1.29 is 22.8 Å². The molecule has 5 rings (SSSR count). The summed E-state index contributed by atoms with van der Waals surface area (Å²) >= 11 is 1.35. The molecule has 12 heteroatoms. The molecule has 0 spiro atoms. The Labute approximate surface area is 271 Å². The van der Waals surface area contributed by atoms with Crippen molar-refractivity contribution in [2.75, 3.05) is 26.0 Å². The Bertz CT molecular complexity index is 1470. The summed E-state index contributed by atoms with van der Waals surface area (Å²) in [5, 5.41) is 5.72. The topological polar surface area (TPSA) is 119 Å². The molecule has 246 valence electrons. The third kappa shape index (κ3) is 7.45. The summed E-state index contributed by atoms with van der Waals surface area (Å²) in [4.78, 5) is 44.0. The molecule has 0 radical (unpaired) electrons. The molecule has 1 aromatic carbocycles. The van der Waals surface area contributed by atoms with Crippen LogP contribution in [-0.2, 0) is 23.0 Å². The Morgan fingerprint density at radius 2 is 1.47 bits per heavy atom. The van der Waals surface area contributed by atoms with Crippen LogP contribution in [0.5, 0.6) is 0 Å². The van der Waals surface area contributed by atoms with Gasteiger partial charge in [-0.1, -0.05) is 38.5 Å².